The van der Waals surface area contributed by atoms with Crippen LogP contribution in [-0.2, 0) is 0 Å². The first-order valence-corrected chi connectivity index (χ1v) is 2.91. The lowest BCUT2D eigenvalue weighted by Crippen LogP contribution is -2.51. The Kier molecular flexibility index (Phi) is 1.19. The lowest BCUT2D eigenvalue weighted by molar-refractivity contribution is 0.376. The van der Waals surface area contributed by atoms with E-state index in [0.717, 1.165) is 0 Å². The summed E-state index contributed by atoms with van der Waals surface area (Å²) in [5, 5.41) is 5.93. The zero-order valence-electron chi connectivity index (χ0n) is 7.41. The summed E-state index contributed by atoms with van der Waals surface area (Å²) in [6.07, 6.45) is 0. The van der Waals surface area contributed by atoms with Crippen molar-refractivity contribution in [3.63, 3.8) is 0 Å². The molecule has 1 fully saturated rings. The van der Waals surface area contributed by atoms with Gasteiger partial charge in [0.15, 0.2) is 0 Å². The molecule has 8 heavy (non-hydrogen) atoms. The molecule has 0 amide bonds. The Hall–Kier alpha value is -0.0800. The average Bonchev–Trinajstić information content (AvgIpc) is 1.79. The fourth-order valence-electron chi connectivity index (χ4n) is 0.692. The maximum absolute atomic E-state index is 7.55. The molecule has 0 bridgehead atoms. The molecule has 0 saturated carbocycles. The second kappa shape index (κ2) is 2.46. The Balaban J connectivity index is 2.46. The molecule has 0 aromatic rings. The smallest absolute Gasteiger partial charge is 0.0475 e. The molecule has 0 aliphatic carbocycles. The summed E-state index contributed by atoms with van der Waals surface area (Å²) in [6, 6.07) is -1.19. The Morgan fingerprint density at radius 3 is 1.88 bits per heavy atom. The fraction of sp³-hybridized carbons (Fsp3) is 1.00. The molecular formula is C6H14N2. The Morgan fingerprint density at radius 1 is 1.25 bits per heavy atom. The summed E-state index contributed by atoms with van der Waals surface area (Å²) < 4.78 is 15.1. The van der Waals surface area contributed by atoms with Crippen LogP contribution in [-0.4, -0.2) is 25.1 Å². The number of rotatable bonds is 0. The van der Waals surface area contributed by atoms with Crippen molar-refractivity contribution in [1.29, 1.82) is 0 Å². The first-order valence-electron chi connectivity index (χ1n) is 3.91. The van der Waals surface area contributed by atoms with E-state index in [1.54, 1.807) is 13.8 Å². The maximum Gasteiger partial charge on any atom is 0.0475 e. The third-order valence-electron chi connectivity index (χ3n) is 1.31. The summed E-state index contributed by atoms with van der Waals surface area (Å²) in [7, 11) is 0. The summed E-state index contributed by atoms with van der Waals surface area (Å²) in [5.74, 6) is 0. The van der Waals surface area contributed by atoms with Crippen LogP contribution < -0.4 is 10.6 Å². The van der Waals surface area contributed by atoms with Crippen LogP contribution in [0.15, 0.2) is 0 Å². The molecule has 1 aliphatic heterocycles. The highest BCUT2D eigenvalue weighted by Crippen LogP contribution is 1.89. The predicted octanol–water partition coefficient (Wildman–Crippen LogP) is -0.0438. The van der Waals surface area contributed by atoms with Crippen molar-refractivity contribution in [2.75, 3.05) is 13.1 Å². The van der Waals surface area contributed by atoms with E-state index in [-0.39, 0.29) is 0 Å². The second-order valence-corrected chi connectivity index (χ2v) is 2.27. The van der Waals surface area contributed by atoms with E-state index in [0.29, 0.717) is 13.1 Å². The standard InChI is InChI=1S/C6H14N2/c1-5-3-8-6(2)4-7-5/h5-8H,3-4H2,1-2H3/i5D,6D. The molecule has 2 N–H and O–H groups in total. The molecule has 1 rings (SSSR count). The molecule has 0 aromatic heterocycles. The largest absolute Gasteiger partial charge is 0.311 e. The molecule has 2 heteroatoms. The highest BCUT2D eigenvalue weighted by Gasteiger charge is 2.10. The molecule has 2 atom stereocenters. The molecule has 1 saturated heterocycles. The lowest BCUT2D eigenvalue weighted by atomic mass is 10.2. The normalized spacial score (nSPS) is 61.8. The van der Waals surface area contributed by atoms with Crippen molar-refractivity contribution in [1.82, 2.24) is 10.6 Å². The van der Waals surface area contributed by atoms with Crippen LogP contribution in [0, 0.1) is 0 Å². The van der Waals surface area contributed by atoms with E-state index in [2.05, 4.69) is 10.6 Å². The highest BCUT2D eigenvalue weighted by atomic mass is 15.1. The van der Waals surface area contributed by atoms with Gasteiger partial charge in [0, 0.05) is 27.9 Å². The summed E-state index contributed by atoms with van der Waals surface area (Å²) in [4.78, 5) is 0. The maximum atomic E-state index is 7.55. The molecule has 0 spiro atoms. The topological polar surface area (TPSA) is 24.1 Å². The summed E-state index contributed by atoms with van der Waals surface area (Å²) in [5.41, 5.74) is 0. The van der Waals surface area contributed by atoms with Gasteiger partial charge in [-0.25, -0.2) is 0 Å². The number of hydrogen-bond donors (Lipinski definition) is 2. The molecule has 48 valence electrons. The fourth-order valence-corrected chi connectivity index (χ4v) is 0.692. The van der Waals surface area contributed by atoms with Gasteiger partial charge < -0.3 is 10.6 Å². The Morgan fingerprint density at radius 2 is 1.62 bits per heavy atom. The minimum Gasteiger partial charge on any atom is -0.311 e. The third-order valence-corrected chi connectivity index (χ3v) is 1.31. The lowest BCUT2D eigenvalue weighted by Gasteiger charge is -2.26. The van der Waals surface area contributed by atoms with Gasteiger partial charge in [0.05, 0.1) is 0 Å². The van der Waals surface area contributed by atoms with E-state index >= 15 is 0 Å². The van der Waals surface area contributed by atoms with Gasteiger partial charge in [0.25, 0.3) is 0 Å². The van der Waals surface area contributed by atoms with Crippen LogP contribution in [0.25, 0.3) is 0 Å². The summed E-state index contributed by atoms with van der Waals surface area (Å²) >= 11 is 0. The van der Waals surface area contributed by atoms with Crippen molar-refractivity contribution in [2.24, 2.45) is 0 Å². The van der Waals surface area contributed by atoms with E-state index in [1.165, 1.54) is 0 Å². The molecule has 0 aromatic carbocycles. The van der Waals surface area contributed by atoms with Crippen LogP contribution in [0.3, 0.4) is 0 Å². The SMILES string of the molecule is [2H]C1(C)CNC([2H])(C)CN1. The van der Waals surface area contributed by atoms with Crippen LogP contribution in [0.5, 0.6) is 0 Å². The van der Waals surface area contributed by atoms with Crippen LogP contribution in [0.4, 0.5) is 0 Å². The van der Waals surface area contributed by atoms with Gasteiger partial charge in [-0.05, 0) is 13.8 Å². The van der Waals surface area contributed by atoms with Gasteiger partial charge >= 0.3 is 0 Å². The Bertz CT molecular complexity index is 106. The van der Waals surface area contributed by atoms with E-state index in [1.807, 2.05) is 0 Å². The zero-order chi connectivity index (χ0) is 7.83. The van der Waals surface area contributed by atoms with Crippen molar-refractivity contribution >= 4 is 0 Å². The third kappa shape index (κ3) is 1.46. The van der Waals surface area contributed by atoms with Crippen LogP contribution >= 0.6 is 0 Å². The molecule has 0 radical (unpaired) electrons. The average molecular weight is 116 g/mol. The van der Waals surface area contributed by atoms with Gasteiger partial charge in [0.2, 0.25) is 0 Å². The van der Waals surface area contributed by atoms with Gasteiger partial charge in [-0.15, -0.1) is 0 Å². The molecule has 2 unspecified atom stereocenters. The molecule has 1 aliphatic rings. The van der Waals surface area contributed by atoms with E-state index < -0.39 is 12.0 Å². The van der Waals surface area contributed by atoms with Gasteiger partial charge in [-0.1, -0.05) is 0 Å². The Labute approximate surface area is 53.5 Å². The first kappa shape index (κ1) is 3.85. The van der Waals surface area contributed by atoms with E-state index in [9.17, 15) is 0 Å². The molecule has 2 nitrogen and oxygen atoms in total. The predicted molar refractivity (Wildman–Crippen MR) is 34.9 cm³/mol. The van der Waals surface area contributed by atoms with Crippen molar-refractivity contribution in [3.8, 4) is 0 Å². The highest BCUT2D eigenvalue weighted by molar-refractivity contribution is 4.76. The van der Waals surface area contributed by atoms with Gasteiger partial charge in [0.1, 0.15) is 0 Å². The van der Waals surface area contributed by atoms with Gasteiger partial charge in [-0.2, -0.15) is 0 Å². The minimum atomic E-state index is -0.597. The quantitative estimate of drug-likeness (QED) is 0.464. The number of hydrogen-bond acceptors (Lipinski definition) is 2. The van der Waals surface area contributed by atoms with Crippen LogP contribution in [0.2, 0.25) is 0 Å². The number of nitrogens with one attached hydrogen (secondary N) is 2. The first-order chi connectivity index (χ1) is 4.41. The monoisotopic (exact) mass is 116 g/mol. The van der Waals surface area contributed by atoms with E-state index in [4.69, 9.17) is 2.74 Å². The summed E-state index contributed by atoms with van der Waals surface area (Å²) in [6.45, 7) is 4.67. The van der Waals surface area contributed by atoms with Crippen molar-refractivity contribution < 1.29 is 2.74 Å². The number of piperazine rings is 1. The zero-order valence-corrected chi connectivity index (χ0v) is 5.41. The molecule has 1 heterocycles. The van der Waals surface area contributed by atoms with Crippen LogP contribution in [0.1, 0.15) is 16.6 Å². The second-order valence-electron chi connectivity index (χ2n) is 2.27. The molecular weight excluding hydrogens is 100 g/mol. The minimum absolute atomic E-state index is 0.535. The van der Waals surface area contributed by atoms with Gasteiger partial charge in [-0.3, -0.25) is 0 Å². The van der Waals surface area contributed by atoms with Crippen molar-refractivity contribution in [3.05, 3.63) is 0 Å². The van der Waals surface area contributed by atoms with Crippen molar-refractivity contribution in [2.45, 2.75) is 25.9 Å².